The molecule has 1 amide bonds. The first-order valence-electron chi connectivity index (χ1n) is 21.3. The van der Waals surface area contributed by atoms with Crippen LogP contribution in [0.5, 0.6) is 11.5 Å². The monoisotopic (exact) mass is 858 g/mol. The molecule has 1 aliphatic heterocycles. The summed E-state index contributed by atoms with van der Waals surface area (Å²) in [5.41, 5.74) is 3.88. The van der Waals surface area contributed by atoms with E-state index in [9.17, 15) is 23.4 Å². The molecule has 13 nitrogen and oxygen atoms in total. The van der Waals surface area contributed by atoms with Gasteiger partial charge in [-0.3, -0.25) is 9.78 Å². The number of benzene rings is 2. The highest BCUT2D eigenvalue weighted by atomic mass is 32.2. The molecule has 6 unspecified atom stereocenters. The van der Waals surface area contributed by atoms with Gasteiger partial charge in [0.25, 0.3) is 0 Å². The standard InChI is InChI=1S/C47H62N4O9S/c1-8-26-58-47-43(51(7)61(55,56)37-21-18-34(19-22-37)49-32(3)54)29-41(50-60-46(4,5)6)39-27-33(15-9-11-24-52)38(17-10-12-25-53)44(45(39)47)40-28-36(20-23-42(40)59-47)57-30-35-16-13-14-31(2)48-35/h8,13-14,16,18-23,27-28,33,38,43-45,52-53H,1,9-12,15,17,24-26,29-30H2,2-7H3,(H,49,54). The molecule has 14 heteroatoms. The second-order valence-electron chi connectivity index (χ2n) is 17.3. The molecule has 61 heavy (non-hydrogen) atoms. The van der Waals surface area contributed by atoms with Crippen molar-refractivity contribution in [1.82, 2.24) is 9.29 Å². The van der Waals surface area contributed by atoms with Crippen LogP contribution in [0, 0.1) is 24.7 Å². The molecule has 0 radical (unpaired) electrons. The molecule has 6 rings (SSSR count). The fraction of sp³-hybridized carbons (Fsp3) is 0.511. The highest BCUT2D eigenvalue weighted by Crippen LogP contribution is 2.62. The number of unbranched alkanes of at least 4 members (excludes halogenated alkanes) is 2. The summed E-state index contributed by atoms with van der Waals surface area (Å²) in [7, 11) is -2.68. The van der Waals surface area contributed by atoms with Gasteiger partial charge in [0.15, 0.2) is 0 Å². The van der Waals surface area contributed by atoms with Crippen molar-refractivity contribution in [2.24, 2.45) is 22.9 Å². The molecule has 1 fully saturated rings. The number of amides is 1. The number of allylic oxidation sites excluding steroid dienone is 1. The number of nitrogens with one attached hydrogen (secondary N) is 1. The Bertz CT molecular complexity index is 2190. The summed E-state index contributed by atoms with van der Waals surface area (Å²) >= 11 is 0. The Morgan fingerprint density at radius 1 is 1.07 bits per heavy atom. The van der Waals surface area contributed by atoms with Crippen LogP contribution in [0.2, 0.25) is 0 Å². The number of oxime groups is 1. The summed E-state index contributed by atoms with van der Waals surface area (Å²) in [6.07, 6.45) is 8.39. The first kappa shape index (κ1) is 45.9. The van der Waals surface area contributed by atoms with Crippen LogP contribution in [0.1, 0.15) is 95.5 Å². The molecule has 2 aromatic carbocycles. The lowest BCUT2D eigenvalue weighted by atomic mass is 9.55. The molecule has 6 atom stereocenters. The molecule has 0 bridgehead atoms. The number of nitrogens with zero attached hydrogens (tertiary/aromatic N) is 3. The summed E-state index contributed by atoms with van der Waals surface area (Å²) in [5, 5.41) is 27.3. The molecular formula is C47H62N4O9S. The number of aliphatic hydroxyl groups excluding tert-OH is 2. The number of aryl methyl sites for hydroxylation is 1. The molecule has 1 aromatic heterocycles. The van der Waals surface area contributed by atoms with Crippen LogP contribution in [0.25, 0.3) is 0 Å². The van der Waals surface area contributed by atoms with Gasteiger partial charge in [-0.2, -0.15) is 4.31 Å². The van der Waals surface area contributed by atoms with E-state index in [0.717, 1.165) is 48.2 Å². The third-order valence-corrected chi connectivity index (χ3v) is 13.6. The van der Waals surface area contributed by atoms with Gasteiger partial charge in [-0.1, -0.05) is 36.2 Å². The Morgan fingerprint density at radius 2 is 1.79 bits per heavy atom. The third-order valence-electron chi connectivity index (χ3n) is 11.7. The summed E-state index contributed by atoms with van der Waals surface area (Å²) in [6, 6.07) is 16.7. The Morgan fingerprint density at radius 3 is 2.44 bits per heavy atom. The lowest BCUT2D eigenvalue weighted by Crippen LogP contribution is -2.69. The smallest absolute Gasteiger partial charge is 0.243 e. The highest BCUT2D eigenvalue weighted by Gasteiger charge is 2.65. The lowest BCUT2D eigenvalue weighted by molar-refractivity contribution is -0.250. The van der Waals surface area contributed by atoms with Crippen molar-refractivity contribution in [1.29, 1.82) is 0 Å². The van der Waals surface area contributed by atoms with Gasteiger partial charge in [-0.25, -0.2) is 8.42 Å². The van der Waals surface area contributed by atoms with Crippen molar-refractivity contribution >= 4 is 27.3 Å². The number of pyridine rings is 1. The molecule has 3 aliphatic rings. The number of aliphatic hydroxyl groups is 2. The van der Waals surface area contributed by atoms with E-state index in [0.29, 0.717) is 35.7 Å². The van der Waals surface area contributed by atoms with Crippen LogP contribution in [0.3, 0.4) is 0 Å². The Kier molecular flexibility index (Phi) is 14.8. The van der Waals surface area contributed by atoms with Crippen LogP contribution in [-0.4, -0.2) is 83.8 Å². The van der Waals surface area contributed by atoms with E-state index in [2.05, 4.69) is 23.0 Å². The van der Waals surface area contributed by atoms with Crippen molar-refractivity contribution in [3.8, 4) is 11.5 Å². The highest BCUT2D eigenvalue weighted by molar-refractivity contribution is 7.89. The average molecular weight is 859 g/mol. The first-order chi connectivity index (χ1) is 29.1. The van der Waals surface area contributed by atoms with Crippen molar-refractivity contribution < 1.29 is 42.5 Å². The summed E-state index contributed by atoms with van der Waals surface area (Å²) in [4.78, 5) is 22.6. The molecule has 0 spiro atoms. The van der Waals surface area contributed by atoms with E-state index in [1.54, 1.807) is 25.3 Å². The second kappa shape index (κ2) is 19.6. The zero-order valence-electron chi connectivity index (χ0n) is 36.3. The maximum Gasteiger partial charge on any atom is 0.243 e. The summed E-state index contributed by atoms with van der Waals surface area (Å²) in [6.45, 7) is 13.5. The molecule has 330 valence electrons. The van der Waals surface area contributed by atoms with Crippen molar-refractivity contribution in [2.75, 3.05) is 32.2 Å². The van der Waals surface area contributed by atoms with Crippen LogP contribution >= 0.6 is 0 Å². The van der Waals surface area contributed by atoms with Gasteiger partial charge >= 0.3 is 0 Å². The third kappa shape index (κ3) is 10.4. The number of carbonyl (C=O) groups excluding carboxylic acids is 1. The number of hydrogen-bond acceptors (Lipinski definition) is 11. The number of carbonyl (C=O) groups is 1. The maximum absolute atomic E-state index is 14.8. The largest absolute Gasteiger partial charge is 0.487 e. The average Bonchev–Trinajstić information content (AvgIpc) is 3.22. The molecule has 0 saturated heterocycles. The first-order valence-corrected chi connectivity index (χ1v) is 22.7. The predicted octanol–water partition coefficient (Wildman–Crippen LogP) is 7.68. The molecule has 3 aromatic rings. The summed E-state index contributed by atoms with van der Waals surface area (Å²) < 4.78 is 51.5. The van der Waals surface area contributed by atoms with Gasteiger partial charge in [0.05, 0.1) is 34.9 Å². The maximum atomic E-state index is 14.8. The SMILES string of the molecule is C=CCOC12Oc3ccc(OCc4cccc(C)n4)cc3C3C(CCCCO)C(CCCCO)C=C(C(=NOC(C)(C)C)CC1N(C)S(=O)(=O)c1ccc(NC(C)=O)cc1)C32. The molecular weight excluding hydrogens is 797 g/mol. The van der Waals surface area contributed by atoms with E-state index < -0.39 is 33.4 Å². The van der Waals surface area contributed by atoms with E-state index in [1.165, 1.54) is 23.4 Å². The minimum absolute atomic E-state index is 0.00573. The second-order valence-corrected chi connectivity index (χ2v) is 19.3. The number of likely N-dealkylation sites (N-methyl/N-ethyl adjacent to an activating group) is 1. The number of aromatic nitrogens is 1. The van der Waals surface area contributed by atoms with Crippen LogP contribution in [0.15, 0.2) is 95.0 Å². The fourth-order valence-corrected chi connectivity index (χ4v) is 10.4. The van der Waals surface area contributed by atoms with E-state index >= 15 is 0 Å². The van der Waals surface area contributed by atoms with Crippen molar-refractivity contribution in [3.05, 3.63) is 102 Å². The topological polar surface area (TPSA) is 169 Å². The number of hydrogen-bond donors (Lipinski definition) is 3. The number of fused-ring (bicyclic) bond motifs is 2. The molecule has 1 saturated carbocycles. The van der Waals surface area contributed by atoms with E-state index in [-0.39, 0.29) is 61.4 Å². The van der Waals surface area contributed by atoms with Gasteiger partial charge in [0.2, 0.25) is 21.7 Å². The lowest BCUT2D eigenvalue weighted by Gasteiger charge is -2.59. The van der Waals surface area contributed by atoms with Gasteiger partial charge in [-0.15, -0.1) is 6.58 Å². The van der Waals surface area contributed by atoms with E-state index in [1.807, 2.05) is 64.1 Å². The normalized spacial score (nSPS) is 24.0. The van der Waals surface area contributed by atoms with Crippen molar-refractivity contribution in [2.45, 2.75) is 114 Å². The van der Waals surface area contributed by atoms with Crippen LogP contribution in [0.4, 0.5) is 5.69 Å². The number of anilines is 1. The number of sulfonamides is 1. The van der Waals surface area contributed by atoms with E-state index in [4.69, 9.17) is 24.2 Å². The van der Waals surface area contributed by atoms with Gasteiger partial charge < -0.3 is 34.6 Å². The Balaban J connectivity index is 1.56. The number of rotatable bonds is 19. The molecule has 3 N–H and O–H groups in total. The zero-order chi connectivity index (χ0) is 44.0. The zero-order valence-corrected chi connectivity index (χ0v) is 37.1. The fourth-order valence-electron chi connectivity index (χ4n) is 9.07. The molecule has 2 heterocycles. The van der Waals surface area contributed by atoms with Gasteiger partial charge in [-0.05, 0) is 125 Å². The Labute approximate surface area is 360 Å². The van der Waals surface area contributed by atoms with Crippen LogP contribution < -0.4 is 14.8 Å². The van der Waals surface area contributed by atoms with Gasteiger partial charge in [0.1, 0.15) is 23.7 Å². The van der Waals surface area contributed by atoms with Gasteiger partial charge in [0, 0.05) is 56.5 Å². The van der Waals surface area contributed by atoms with Crippen molar-refractivity contribution in [3.63, 3.8) is 0 Å². The van der Waals surface area contributed by atoms with Crippen LogP contribution in [-0.2, 0) is 31.0 Å². The predicted molar refractivity (Wildman–Crippen MR) is 235 cm³/mol. The molecule has 2 aliphatic carbocycles. The Hall–Kier alpha value is -4.60. The minimum atomic E-state index is -4.22. The number of ether oxygens (including phenoxy) is 3. The quantitative estimate of drug-likeness (QED) is 0.0618. The minimum Gasteiger partial charge on any atom is -0.487 e. The summed E-state index contributed by atoms with van der Waals surface area (Å²) in [5.74, 6) is -1.50.